The lowest BCUT2D eigenvalue weighted by Crippen LogP contribution is -2.19. The van der Waals surface area contributed by atoms with Crippen LogP contribution in [0.3, 0.4) is 0 Å². The molecular formula is C12H15BrN2O2. The van der Waals surface area contributed by atoms with Crippen LogP contribution in [0.1, 0.15) is 18.4 Å². The first-order chi connectivity index (χ1) is 8.18. The van der Waals surface area contributed by atoms with Gasteiger partial charge in [0.2, 0.25) is 0 Å². The minimum absolute atomic E-state index is 0.000171. The largest absolute Gasteiger partial charge is 0.490 e. The number of hydrogen-bond donors (Lipinski definition) is 2. The summed E-state index contributed by atoms with van der Waals surface area (Å²) in [6.07, 6.45) is 2.28. The van der Waals surface area contributed by atoms with Gasteiger partial charge < -0.3 is 15.2 Å². The van der Waals surface area contributed by atoms with Crippen molar-refractivity contribution in [3.8, 4) is 5.75 Å². The van der Waals surface area contributed by atoms with Gasteiger partial charge in [0.1, 0.15) is 18.2 Å². The van der Waals surface area contributed by atoms with Crippen LogP contribution in [0.4, 0.5) is 0 Å². The molecule has 17 heavy (non-hydrogen) atoms. The molecule has 4 nitrogen and oxygen atoms in total. The standard InChI is InChI=1S/C12H15BrN2O2/c13-9-4-1-5-10(11(9)12(14)15)17-7-8-3-2-6-16-8/h1,4-5,8H,2-3,6-7H2,(H3,14,15). The summed E-state index contributed by atoms with van der Waals surface area (Å²) < 4.78 is 11.9. The van der Waals surface area contributed by atoms with Gasteiger partial charge in [0, 0.05) is 11.1 Å². The number of nitrogen functional groups attached to an aromatic ring is 1. The molecule has 2 rings (SSSR count). The molecule has 1 saturated heterocycles. The van der Waals surface area contributed by atoms with Crippen LogP contribution in [0.2, 0.25) is 0 Å². The van der Waals surface area contributed by atoms with E-state index in [2.05, 4.69) is 15.9 Å². The number of benzene rings is 1. The van der Waals surface area contributed by atoms with Gasteiger partial charge in [-0.15, -0.1) is 0 Å². The summed E-state index contributed by atoms with van der Waals surface area (Å²) in [4.78, 5) is 0. The van der Waals surface area contributed by atoms with Crippen molar-refractivity contribution in [1.82, 2.24) is 0 Å². The molecule has 1 aliphatic rings. The lowest BCUT2D eigenvalue weighted by molar-refractivity contribution is 0.0679. The maximum atomic E-state index is 7.54. The second kappa shape index (κ2) is 5.51. The van der Waals surface area contributed by atoms with Gasteiger partial charge in [-0.1, -0.05) is 6.07 Å². The summed E-state index contributed by atoms with van der Waals surface area (Å²) in [5.41, 5.74) is 6.14. The highest BCUT2D eigenvalue weighted by atomic mass is 79.9. The van der Waals surface area contributed by atoms with Gasteiger partial charge in [-0.2, -0.15) is 0 Å². The predicted octanol–water partition coefficient (Wildman–Crippen LogP) is 2.29. The van der Waals surface area contributed by atoms with Gasteiger partial charge in [-0.3, -0.25) is 5.41 Å². The maximum absolute atomic E-state index is 7.54. The fourth-order valence-electron chi connectivity index (χ4n) is 1.84. The van der Waals surface area contributed by atoms with Crippen LogP contribution in [0.15, 0.2) is 22.7 Å². The molecule has 3 N–H and O–H groups in total. The Hall–Kier alpha value is -1.07. The van der Waals surface area contributed by atoms with E-state index >= 15 is 0 Å². The number of ether oxygens (including phenoxy) is 2. The summed E-state index contributed by atoms with van der Waals surface area (Å²) in [6.45, 7) is 1.32. The number of amidine groups is 1. The Bertz CT molecular complexity index is 417. The second-order valence-corrected chi connectivity index (χ2v) is 4.83. The molecule has 5 heteroatoms. The average Bonchev–Trinajstić information content (AvgIpc) is 2.78. The van der Waals surface area contributed by atoms with Crippen molar-refractivity contribution in [3.63, 3.8) is 0 Å². The topological polar surface area (TPSA) is 68.3 Å². The fourth-order valence-corrected chi connectivity index (χ4v) is 2.41. The number of rotatable bonds is 4. The van der Waals surface area contributed by atoms with Gasteiger partial charge in [-0.25, -0.2) is 0 Å². The molecule has 92 valence electrons. The van der Waals surface area contributed by atoms with Crippen molar-refractivity contribution >= 4 is 21.8 Å². The Balaban J connectivity index is 2.09. The smallest absolute Gasteiger partial charge is 0.131 e. The molecule has 1 aromatic carbocycles. The van der Waals surface area contributed by atoms with Crippen molar-refractivity contribution in [2.45, 2.75) is 18.9 Å². The van der Waals surface area contributed by atoms with E-state index in [0.29, 0.717) is 17.9 Å². The SMILES string of the molecule is N=C(N)c1c(Br)cccc1OCC1CCCO1. The molecule has 1 fully saturated rings. The number of nitrogens with two attached hydrogens (primary N) is 1. The Morgan fingerprint density at radius 2 is 2.41 bits per heavy atom. The van der Waals surface area contributed by atoms with E-state index in [1.54, 1.807) is 0 Å². The van der Waals surface area contributed by atoms with Crippen LogP contribution in [0, 0.1) is 5.41 Å². The Labute approximate surface area is 109 Å². The van der Waals surface area contributed by atoms with E-state index in [0.717, 1.165) is 23.9 Å². The fraction of sp³-hybridized carbons (Fsp3) is 0.417. The van der Waals surface area contributed by atoms with Crippen LogP contribution >= 0.6 is 15.9 Å². The zero-order chi connectivity index (χ0) is 12.3. The first kappa shape index (κ1) is 12.4. The molecule has 1 heterocycles. The predicted molar refractivity (Wildman–Crippen MR) is 69.6 cm³/mol. The minimum atomic E-state index is -0.000171. The highest BCUT2D eigenvalue weighted by molar-refractivity contribution is 9.10. The molecule has 0 aliphatic carbocycles. The summed E-state index contributed by atoms with van der Waals surface area (Å²) in [5, 5.41) is 7.54. The highest BCUT2D eigenvalue weighted by Crippen LogP contribution is 2.27. The summed E-state index contributed by atoms with van der Waals surface area (Å²) >= 11 is 3.37. The molecule has 1 aromatic rings. The first-order valence-corrected chi connectivity index (χ1v) is 6.35. The van der Waals surface area contributed by atoms with E-state index in [1.165, 1.54) is 0 Å². The van der Waals surface area contributed by atoms with Gasteiger partial charge in [0.15, 0.2) is 0 Å². The third-order valence-electron chi connectivity index (χ3n) is 2.69. The van der Waals surface area contributed by atoms with E-state index in [4.69, 9.17) is 20.6 Å². The molecule has 0 spiro atoms. The average molecular weight is 299 g/mol. The van der Waals surface area contributed by atoms with Crippen molar-refractivity contribution < 1.29 is 9.47 Å². The summed E-state index contributed by atoms with van der Waals surface area (Å²) in [5.74, 6) is 0.627. The molecule has 1 unspecified atom stereocenters. The van der Waals surface area contributed by atoms with Gasteiger partial charge in [0.25, 0.3) is 0 Å². The van der Waals surface area contributed by atoms with Crippen molar-refractivity contribution in [2.24, 2.45) is 5.73 Å². The van der Waals surface area contributed by atoms with Gasteiger partial charge in [-0.05, 0) is 40.9 Å². The normalized spacial score (nSPS) is 19.2. The molecule has 0 saturated carbocycles. The zero-order valence-corrected chi connectivity index (χ0v) is 11.0. The highest BCUT2D eigenvalue weighted by Gasteiger charge is 2.17. The lowest BCUT2D eigenvalue weighted by Gasteiger charge is -2.14. The third kappa shape index (κ3) is 2.98. The van der Waals surface area contributed by atoms with Crippen molar-refractivity contribution in [2.75, 3.05) is 13.2 Å². The number of halogens is 1. The van der Waals surface area contributed by atoms with Gasteiger partial charge in [0.05, 0.1) is 11.7 Å². The zero-order valence-electron chi connectivity index (χ0n) is 9.41. The summed E-state index contributed by atoms with van der Waals surface area (Å²) in [7, 11) is 0. The van der Waals surface area contributed by atoms with E-state index in [-0.39, 0.29) is 11.9 Å². The van der Waals surface area contributed by atoms with Crippen molar-refractivity contribution in [3.05, 3.63) is 28.2 Å². The molecule has 0 radical (unpaired) electrons. The monoisotopic (exact) mass is 298 g/mol. The van der Waals surface area contributed by atoms with Gasteiger partial charge >= 0.3 is 0 Å². The third-order valence-corrected chi connectivity index (χ3v) is 3.35. The number of nitrogens with one attached hydrogen (secondary N) is 1. The maximum Gasteiger partial charge on any atom is 0.131 e. The summed E-state index contributed by atoms with van der Waals surface area (Å²) in [6, 6.07) is 5.52. The molecule has 0 bridgehead atoms. The Kier molecular flexibility index (Phi) is 4.02. The quantitative estimate of drug-likeness (QED) is 0.662. The van der Waals surface area contributed by atoms with E-state index < -0.39 is 0 Å². The van der Waals surface area contributed by atoms with Crippen molar-refractivity contribution in [1.29, 1.82) is 5.41 Å². The van der Waals surface area contributed by atoms with Crippen LogP contribution < -0.4 is 10.5 Å². The second-order valence-electron chi connectivity index (χ2n) is 3.97. The Morgan fingerprint density at radius 1 is 1.59 bits per heavy atom. The molecule has 0 aromatic heterocycles. The molecule has 1 atom stereocenters. The van der Waals surface area contributed by atoms with Crippen LogP contribution in [-0.2, 0) is 4.74 Å². The first-order valence-electron chi connectivity index (χ1n) is 5.56. The minimum Gasteiger partial charge on any atom is -0.490 e. The molecule has 1 aliphatic heterocycles. The number of hydrogen-bond acceptors (Lipinski definition) is 3. The Morgan fingerprint density at radius 3 is 3.06 bits per heavy atom. The van der Waals surface area contributed by atoms with Crippen LogP contribution in [0.5, 0.6) is 5.75 Å². The molecule has 0 amide bonds. The molecular weight excluding hydrogens is 284 g/mol. The van der Waals surface area contributed by atoms with E-state index in [9.17, 15) is 0 Å². The van der Waals surface area contributed by atoms with Crippen LogP contribution in [-0.4, -0.2) is 25.2 Å². The lowest BCUT2D eigenvalue weighted by atomic mass is 10.2. The van der Waals surface area contributed by atoms with Crippen LogP contribution in [0.25, 0.3) is 0 Å². The van der Waals surface area contributed by atoms with E-state index in [1.807, 2.05) is 18.2 Å².